The van der Waals surface area contributed by atoms with Gasteiger partial charge < -0.3 is 9.73 Å². The Bertz CT molecular complexity index is 979. The Labute approximate surface area is 148 Å². The molecule has 0 saturated heterocycles. The Balaban J connectivity index is 2.00. The van der Waals surface area contributed by atoms with Crippen LogP contribution in [0.2, 0.25) is 0 Å². The fraction of sp³-hybridized carbons (Fsp3) is 0.0588. The predicted octanol–water partition coefficient (Wildman–Crippen LogP) is 4.88. The maximum Gasteiger partial charge on any atom is 0.349 e. The third-order valence-corrected chi connectivity index (χ3v) is 4.46. The number of carbonyl (C=O) groups is 1. The number of amides is 1. The van der Waals surface area contributed by atoms with Gasteiger partial charge in [0.2, 0.25) is 0 Å². The monoisotopic (exact) mass is 435 g/mol. The third kappa shape index (κ3) is 3.38. The van der Waals surface area contributed by atoms with Crippen molar-refractivity contribution < 1.29 is 9.21 Å². The van der Waals surface area contributed by atoms with E-state index in [1.807, 2.05) is 19.1 Å². The van der Waals surface area contributed by atoms with E-state index in [9.17, 15) is 9.59 Å². The zero-order chi connectivity index (χ0) is 16.6. The molecule has 0 spiro atoms. The molecule has 3 rings (SSSR count). The molecule has 4 nitrogen and oxygen atoms in total. The molecule has 0 fully saturated rings. The number of hydrogen-bond donors (Lipinski definition) is 1. The number of fused-ring (bicyclic) bond motifs is 1. The molecule has 116 valence electrons. The Morgan fingerprint density at radius 2 is 1.87 bits per heavy atom. The van der Waals surface area contributed by atoms with Crippen LogP contribution in [0.3, 0.4) is 0 Å². The first-order valence-corrected chi connectivity index (χ1v) is 8.33. The summed E-state index contributed by atoms with van der Waals surface area (Å²) in [5.74, 6) is -0.509. The first-order chi connectivity index (χ1) is 10.9. The van der Waals surface area contributed by atoms with Crippen molar-refractivity contribution in [3.05, 3.63) is 73.0 Å². The van der Waals surface area contributed by atoms with Crippen molar-refractivity contribution in [1.82, 2.24) is 0 Å². The molecule has 2 aromatic carbocycles. The first kappa shape index (κ1) is 16.0. The molecule has 0 atom stereocenters. The van der Waals surface area contributed by atoms with E-state index in [-0.39, 0.29) is 5.56 Å². The molecule has 0 aliphatic heterocycles. The van der Waals surface area contributed by atoms with Crippen molar-refractivity contribution >= 4 is 54.4 Å². The van der Waals surface area contributed by atoms with E-state index in [4.69, 9.17) is 4.42 Å². The van der Waals surface area contributed by atoms with Crippen molar-refractivity contribution in [2.45, 2.75) is 6.92 Å². The van der Waals surface area contributed by atoms with Crippen molar-refractivity contribution in [1.29, 1.82) is 0 Å². The molecule has 1 heterocycles. The van der Waals surface area contributed by atoms with Gasteiger partial charge in [0, 0.05) is 14.3 Å². The van der Waals surface area contributed by atoms with Crippen LogP contribution in [0.1, 0.15) is 15.9 Å². The summed E-state index contributed by atoms with van der Waals surface area (Å²) in [7, 11) is 0. The minimum absolute atomic E-state index is 0.0388. The highest BCUT2D eigenvalue weighted by Gasteiger charge is 2.15. The molecule has 0 unspecified atom stereocenters. The lowest BCUT2D eigenvalue weighted by atomic mass is 10.1. The molecule has 3 aromatic rings. The maximum absolute atomic E-state index is 12.4. The number of hydrogen-bond acceptors (Lipinski definition) is 3. The van der Waals surface area contributed by atoms with Gasteiger partial charge in [0.1, 0.15) is 11.1 Å². The summed E-state index contributed by atoms with van der Waals surface area (Å²) in [5.41, 5.74) is 1.38. The zero-order valence-corrected chi connectivity index (χ0v) is 15.2. The van der Waals surface area contributed by atoms with Gasteiger partial charge in [-0.1, -0.05) is 22.0 Å². The molecule has 0 radical (unpaired) electrons. The molecule has 1 aromatic heterocycles. The molecule has 23 heavy (non-hydrogen) atoms. The predicted molar refractivity (Wildman–Crippen MR) is 97.0 cm³/mol. The van der Waals surface area contributed by atoms with E-state index in [2.05, 4.69) is 37.2 Å². The Morgan fingerprint density at radius 1 is 1.09 bits per heavy atom. The number of halogens is 2. The SMILES string of the molecule is Cc1ccc(NC(=O)c2cc3cc(Br)ccc3oc2=O)c(Br)c1. The summed E-state index contributed by atoms with van der Waals surface area (Å²) in [6, 6.07) is 12.3. The highest BCUT2D eigenvalue weighted by molar-refractivity contribution is 9.10. The lowest BCUT2D eigenvalue weighted by Crippen LogP contribution is -2.20. The van der Waals surface area contributed by atoms with Crippen molar-refractivity contribution in [3.8, 4) is 0 Å². The van der Waals surface area contributed by atoms with Gasteiger partial charge in [0.05, 0.1) is 5.69 Å². The number of rotatable bonds is 2. The van der Waals surface area contributed by atoms with Gasteiger partial charge in [-0.15, -0.1) is 0 Å². The van der Waals surface area contributed by atoms with E-state index in [1.165, 1.54) is 6.07 Å². The molecular weight excluding hydrogens is 426 g/mol. The van der Waals surface area contributed by atoms with Gasteiger partial charge in [0.25, 0.3) is 5.91 Å². The molecule has 0 aliphatic rings. The summed E-state index contributed by atoms with van der Waals surface area (Å²) in [4.78, 5) is 24.4. The normalized spacial score (nSPS) is 10.7. The van der Waals surface area contributed by atoms with Crippen LogP contribution in [0.4, 0.5) is 5.69 Å². The fourth-order valence-electron chi connectivity index (χ4n) is 2.16. The van der Waals surface area contributed by atoms with Crippen LogP contribution in [0.25, 0.3) is 11.0 Å². The quantitative estimate of drug-likeness (QED) is 0.582. The summed E-state index contributed by atoms with van der Waals surface area (Å²) in [5, 5.41) is 3.39. The standard InChI is InChI=1S/C17H11Br2NO3/c1-9-2-4-14(13(19)6-9)20-16(21)12-8-10-7-11(18)3-5-15(10)23-17(12)22/h2-8H,1H3,(H,20,21). The zero-order valence-electron chi connectivity index (χ0n) is 12.0. The lowest BCUT2D eigenvalue weighted by molar-refractivity contribution is 0.102. The molecule has 1 amide bonds. The van der Waals surface area contributed by atoms with Crippen molar-refractivity contribution in [3.63, 3.8) is 0 Å². The largest absolute Gasteiger partial charge is 0.422 e. The highest BCUT2D eigenvalue weighted by Crippen LogP contribution is 2.24. The second kappa shape index (κ2) is 6.29. The second-order valence-electron chi connectivity index (χ2n) is 5.07. The Morgan fingerprint density at radius 3 is 2.61 bits per heavy atom. The molecule has 6 heteroatoms. The van der Waals surface area contributed by atoms with Gasteiger partial charge in [0.15, 0.2) is 0 Å². The minimum Gasteiger partial charge on any atom is -0.422 e. The highest BCUT2D eigenvalue weighted by atomic mass is 79.9. The third-order valence-electron chi connectivity index (χ3n) is 3.31. The maximum atomic E-state index is 12.4. The summed E-state index contributed by atoms with van der Waals surface area (Å²) in [6.07, 6.45) is 0. The van der Waals surface area contributed by atoms with E-state index < -0.39 is 11.5 Å². The van der Waals surface area contributed by atoms with Gasteiger partial charge >= 0.3 is 5.63 Å². The summed E-state index contributed by atoms with van der Waals surface area (Å²) in [6.45, 7) is 1.95. The van der Waals surface area contributed by atoms with Crippen LogP contribution in [-0.4, -0.2) is 5.91 Å². The summed E-state index contributed by atoms with van der Waals surface area (Å²) < 4.78 is 6.80. The number of aryl methyl sites for hydroxylation is 1. The van der Waals surface area contributed by atoms with E-state index in [0.29, 0.717) is 16.7 Å². The number of benzene rings is 2. The summed E-state index contributed by atoms with van der Waals surface area (Å²) >= 11 is 6.75. The van der Waals surface area contributed by atoms with Crippen LogP contribution in [0.5, 0.6) is 0 Å². The molecule has 0 saturated carbocycles. The molecule has 1 N–H and O–H groups in total. The minimum atomic E-state index is -0.666. The molecular formula is C17H11Br2NO3. The molecule has 0 aliphatic carbocycles. The number of nitrogens with one attached hydrogen (secondary N) is 1. The Hall–Kier alpha value is -1.92. The van der Waals surface area contributed by atoms with Crippen molar-refractivity contribution in [2.24, 2.45) is 0 Å². The van der Waals surface area contributed by atoms with Crippen LogP contribution >= 0.6 is 31.9 Å². The lowest BCUT2D eigenvalue weighted by Gasteiger charge is -2.08. The van der Waals surface area contributed by atoms with Crippen molar-refractivity contribution in [2.75, 3.05) is 5.32 Å². The van der Waals surface area contributed by atoms with Gasteiger partial charge in [-0.2, -0.15) is 0 Å². The first-order valence-electron chi connectivity index (χ1n) is 6.75. The van der Waals surface area contributed by atoms with Gasteiger partial charge in [-0.3, -0.25) is 4.79 Å². The number of anilines is 1. The van der Waals surface area contributed by atoms with E-state index >= 15 is 0 Å². The topological polar surface area (TPSA) is 59.3 Å². The average Bonchev–Trinajstić information content (AvgIpc) is 2.49. The number of carbonyl (C=O) groups excluding carboxylic acids is 1. The Kier molecular flexibility index (Phi) is 4.37. The second-order valence-corrected chi connectivity index (χ2v) is 6.84. The van der Waals surface area contributed by atoms with Gasteiger partial charge in [-0.05, 0) is 64.8 Å². The fourth-order valence-corrected chi connectivity index (χ4v) is 3.13. The van der Waals surface area contributed by atoms with E-state index in [0.717, 1.165) is 14.5 Å². The van der Waals surface area contributed by atoms with Crippen LogP contribution in [0.15, 0.2) is 60.6 Å². The van der Waals surface area contributed by atoms with Crippen LogP contribution in [0, 0.1) is 6.92 Å². The molecule has 0 bridgehead atoms. The average molecular weight is 437 g/mol. The van der Waals surface area contributed by atoms with Crippen LogP contribution in [-0.2, 0) is 0 Å². The van der Waals surface area contributed by atoms with Crippen LogP contribution < -0.4 is 10.9 Å². The van der Waals surface area contributed by atoms with E-state index in [1.54, 1.807) is 24.3 Å². The van der Waals surface area contributed by atoms with Gasteiger partial charge in [-0.25, -0.2) is 4.79 Å². The smallest absolute Gasteiger partial charge is 0.349 e.